The first kappa shape index (κ1) is 21.2. The molecule has 0 aromatic carbocycles. The van der Waals surface area contributed by atoms with Crippen molar-refractivity contribution < 1.29 is 22.4 Å². The highest BCUT2D eigenvalue weighted by Gasteiger charge is 2.63. The van der Waals surface area contributed by atoms with E-state index in [1.807, 2.05) is 0 Å². The molecule has 3 fully saturated rings. The average Bonchev–Trinajstić information content (AvgIpc) is 3.68. The summed E-state index contributed by atoms with van der Waals surface area (Å²) in [5, 5.41) is 3.95. The number of piperidine rings is 1. The normalized spacial score (nSPS) is 25.5. The van der Waals surface area contributed by atoms with E-state index in [9.17, 15) is 18.0 Å². The van der Waals surface area contributed by atoms with Gasteiger partial charge in [0.25, 0.3) is 5.91 Å². The van der Waals surface area contributed by atoms with E-state index in [0.717, 1.165) is 12.8 Å². The zero-order valence-corrected chi connectivity index (χ0v) is 17.2. The molecule has 2 aliphatic carbocycles. The first-order valence-corrected chi connectivity index (χ1v) is 10.7. The second-order valence-corrected chi connectivity index (χ2v) is 8.93. The summed E-state index contributed by atoms with van der Waals surface area (Å²) in [6, 6.07) is -0.747. The zero-order chi connectivity index (χ0) is 22.5. The summed E-state index contributed by atoms with van der Waals surface area (Å²) in [5.74, 6) is -0.00689. The number of aromatic nitrogens is 5. The van der Waals surface area contributed by atoms with Gasteiger partial charge in [-0.25, -0.2) is 24.0 Å². The van der Waals surface area contributed by atoms with Crippen LogP contribution < -0.4 is 0 Å². The largest absolute Gasteiger partial charge is 0.395 e. The van der Waals surface area contributed by atoms with Crippen molar-refractivity contribution >= 4 is 5.91 Å². The number of halogens is 4. The van der Waals surface area contributed by atoms with Crippen LogP contribution in [0, 0.1) is 5.41 Å². The number of rotatable bonds is 6. The smallest absolute Gasteiger partial charge is 0.328 e. The van der Waals surface area contributed by atoms with Crippen LogP contribution >= 0.6 is 0 Å². The number of carbonyl (C=O) groups excluding carboxylic acids is 1. The van der Waals surface area contributed by atoms with Crippen molar-refractivity contribution in [2.45, 2.75) is 56.5 Å². The summed E-state index contributed by atoms with van der Waals surface area (Å²) in [5.41, 5.74) is -1.59. The van der Waals surface area contributed by atoms with E-state index in [2.05, 4.69) is 20.1 Å². The number of carbonyl (C=O) groups is 1. The number of hydrogen-bond donors (Lipinski definition) is 0. The van der Waals surface area contributed by atoms with Crippen LogP contribution in [0.15, 0.2) is 25.0 Å². The maximum atomic E-state index is 15.2. The average molecular weight is 453 g/mol. The Bertz CT molecular complexity index is 957. The number of amides is 1. The third kappa shape index (κ3) is 3.96. The number of likely N-dealkylation sites (tertiary alicyclic amines) is 1. The Labute approximate surface area is 181 Å². The molecule has 1 saturated heterocycles. The molecular formula is C20H23F4N7O. The van der Waals surface area contributed by atoms with Gasteiger partial charge in [0.05, 0.1) is 23.9 Å². The van der Waals surface area contributed by atoms with Crippen LogP contribution in [-0.2, 0) is 0 Å². The predicted molar refractivity (Wildman–Crippen MR) is 104 cm³/mol. The lowest BCUT2D eigenvalue weighted by Crippen LogP contribution is -2.56. The third-order valence-corrected chi connectivity index (χ3v) is 6.62. The maximum Gasteiger partial charge on any atom is 0.395 e. The second kappa shape index (κ2) is 7.75. The summed E-state index contributed by atoms with van der Waals surface area (Å²) >= 11 is 0. The van der Waals surface area contributed by atoms with Crippen LogP contribution in [0.2, 0.25) is 0 Å². The van der Waals surface area contributed by atoms with Gasteiger partial charge in [-0.15, -0.1) is 0 Å². The lowest BCUT2D eigenvalue weighted by Gasteiger charge is -2.42. The molecule has 1 unspecified atom stereocenters. The van der Waals surface area contributed by atoms with Crippen LogP contribution in [0.3, 0.4) is 0 Å². The number of hydrogen-bond acceptors (Lipinski definition) is 6. The molecule has 0 bridgehead atoms. The molecule has 32 heavy (non-hydrogen) atoms. The van der Waals surface area contributed by atoms with Crippen molar-refractivity contribution in [3.63, 3.8) is 0 Å². The first-order chi connectivity index (χ1) is 15.3. The van der Waals surface area contributed by atoms with E-state index in [0.29, 0.717) is 18.8 Å². The standard InChI is InChI=1S/C20H23F4N7O/c21-14-9-29(10-19(4-5-19)20(22,23)24)6-3-16(14)31(13-1-2-13)18(32)15-7-27-17(8-26-15)30-12-25-11-28-30/h7-8,11-14,16H,1-6,9-10H2/t14?,16-/m1/s1. The van der Waals surface area contributed by atoms with Gasteiger partial charge >= 0.3 is 6.18 Å². The molecule has 0 radical (unpaired) electrons. The number of nitrogens with zero attached hydrogens (tertiary/aromatic N) is 7. The highest BCUT2D eigenvalue weighted by atomic mass is 19.4. The minimum Gasteiger partial charge on any atom is -0.328 e. The summed E-state index contributed by atoms with van der Waals surface area (Å²) in [6.07, 6.45) is 1.90. The first-order valence-electron chi connectivity index (χ1n) is 10.7. The van der Waals surface area contributed by atoms with Gasteiger partial charge in [-0.05, 0) is 32.1 Å². The molecule has 172 valence electrons. The summed E-state index contributed by atoms with van der Waals surface area (Å²) < 4.78 is 56.4. The summed E-state index contributed by atoms with van der Waals surface area (Å²) in [7, 11) is 0. The van der Waals surface area contributed by atoms with Gasteiger partial charge in [0.15, 0.2) is 5.82 Å². The Kier molecular flexibility index (Phi) is 5.14. The SMILES string of the molecule is O=C(c1cnc(-n2cncn2)cn1)N(C1CC1)[C@@H]1CCN(CC2(C(F)(F)F)CC2)CC1F. The molecule has 3 heterocycles. The topological polar surface area (TPSA) is 80.0 Å². The zero-order valence-electron chi connectivity index (χ0n) is 17.2. The van der Waals surface area contributed by atoms with Crippen molar-refractivity contribution in [1.82, 2.24) is 34.5 Å². The molecule has 2 saturated carbocycles. The molecule has 1 amide bonds. The van der Waals surface area contributed by atoms with Gasteiger partial charge in [-0.1, -0.05) is 0 Å². The Morgan fingerprint density at radius 3 is 2.50 bits per heavy atom. The molecule has 3 aliphatic rings. The van der Waals surface area contributed by atoms with Crippen LogP contribution in [0.1, 0.15) is 42.6 Å². The van der Waals surface area contributed by atoms with Crippen LogP contribution in [0.25, 0.3) is 5.82 Å². The van der Waals surface area contributed by atoms with E-state index in [1.165, 1.54) is 34.6 Å². The molecule has 8 nitrogen and oxygen atoms in total. The molecule has 2 aromatic rings. The Morgan fingerprint density at radius 1 is 1.19 bits per heavy atom. The van der Waals surface area contributed by atoms with Gasteiger partial charge < -0.3 is 4.90 Å². The number of alkyl halides is 4. The second-order valence-electron chi connectivity index (χ2n) is 8.93. The van der Waals surface area contributed by atoms with E-state index >= 15 is 4.39 Å². The lowest BCUT2D eigenvalue weighted by molar-refractivity contribution is -0.193. The quantitative estimate of drug-likeness (QED) is 0.625. The molecular weight excluding hydrogens is 430 g/mol. The van der Waals surface area contributed by atoms with Gasteiger partial charge in [-0.2, -0.15) is 18.3 Å². The van der Waals surface area contributed by atoms with Crippen LogP contribution in [-0.4, -0.2) is 84.5 Å². The van der Waals surface area contributed by atoms with E-state index in [1.54, 1.807) is 4.90 Å². The fraction of sp³-hybridized carbons (Fsp3) is 0.650. The molecule has 2 aromatic heterocycles. The molecule has 0 N–H and O–H groups in total. The van der Waals surface area contributed by atoms with Crippen molar-refractivity contribution in [2.24, 2.45) is 5.41 Å². The van der Waals surface area contributed by atoms with Gasteiger partial charge in [-0.3, -0.25) is 9.69 Å². The molecule has 12 heteroatoms. The van der Waals surface area contributed by atoms with Crippen LogP contribution in [0.5, 0.6) is 0 Å². The molecule has 1 aliphatic heterocycles. The summed E-state index contributed by atoms with van der Waals surface area (Å²) in [6.45, 7) is 0.0580. The van der Waals surface area contributed by atoms with Crippen molar-refractivity contribution in [1.29, 1.82) is 0 Å². The van der Waals surface area contributed by atoms with Crippen molar-refractivity contribution in [2.75, 3.05) is 19.6 Å². The molecule has 2 atom stereocenters. The third-order valence-electron chi connectivity index (χ3n) is 6.62. The van der Waals surface area contributed by atoms with E-state index < -0.39 is 29.7 Å². The van der Waals surface area contributed by atoms with Crippen molar-refractivity contribution in [3.8, 4) is 5.82 Å². The predicted octanol–water partition coefficient (Wildman–Crippen LogP) is 2.42. The van der Waals surface area contributed by atoms with Gasteiger partial charge in [0.1, 0.15) is 24.5 Å². The monoisotopic (exact) mass is 453 g/mol. The van der Waals surface area contributed by atoms with Crippen molar-refractivity contribution in [3.05, 3.63) is 30.7 Å². The van der Waals surface area contributed by atoms with E-state index in [4.69, 9.17) is 0 Å². The summed E-state index contributed by atoms with van der Waals surface area (Å²) in [4.78, 5) is 28.5. The van der Waals surface area contributed by atoms with Crippen LogP contribution in [0.4, 0.5) is 17.6 Å². The Balaban J connectivity index is 1.27. The lowest BCUT2D eigenvalue weighted by atomic mass is 9.97. The minimum absolute atomic E-state index is 0.0703. The minimum atomic E-state index is -4.26. The fourth-order valence-electron chi connectivity index (χ4n) is 4.47. The van der Waals surface area contributed by atoms with Gasteiger partial charge in [0, 0.05) is 25.7 Å². The Morgan fingerprint density at radius 2 is 1.97 bits per heavy atom. The maximum absolute atomic E-state index is 15.2. The van der Waals surface area contributed by atoms with Gasteiger partial charge in [0.2, 0.25) is 0 Å². The molecule has 0 spiro atoms. The molecule has 5 rings (SSSR count). The highest BCUT2D eigenvalue weighted by Crippen LogP contribution is 2.58. The van der Waals surface area contributed by atoms with E-state index in [-0.39, 0.29) is 37.7 Å². The Hall–Kier alpha value is -2.63. The fourth-order valence-corrected chi connectivity index (χ4v) is 4.47. The highest BCUT2D eigenvalue weighted by molar-refractivity contribution is 5.92.